The second kappa shape index (κ2) is 7.99. The quantitative estimate of drug-likeness (QED) is 0.385. The van der Waals surface area contributed by atoms with E-state index < -0.39 is 45.4 Å². The maximum atomic E-state index is 13.2. The summed E-state index contributed by atoms with van der Waals surface area (Å²) in [6.07, 6.45) is -12.8. The molecule has 164 valence electrons. The van der Waals surface area contributed by atoms with Crippen LogP contribution in [0.4, 0.5) is 32.0 Å². The van der Waals surface area contributed by atoms with Gasteiger partial charge in [0.2, 0.25) is 0 Å². The Morgan fingerprint density at radius 2 is 1.52 bits per heavy atom. The lowest BCUT2D eigenvalue weighted by Crippen LogP contribution is -2.63. The van der Waals surface area contributed by atoms with E-state index in [4.69, 9.17) is 4.74 Å². The van der Waals surface area contributed by atoms with Gasteiger partial charge >= 0.3 is 23.9 Å². The minimum Gasteiger partial charge on any atom is -0.748 e. The summed E-state index contributed by atoms with van der Waals surface area (Å²) in [6, 6.07) is 4.40. The van der Waals surface area contributed by atoms with Crippen molar-refractivity contribution in [3.05, 3.63) is 29.8 Å². The van der Waals surface area contributed by atoms with Crippen LogP contribution < -0.4 is 4.90 Å². The Hall–Kier alpha value is -2.06. The average Bonchev–Trinajstić information content (AvgIpc) is 2.59. The number of carbonyl (C=O) groups excluding carboxylic acids is 1. The monoisotopic (exact) mass is 450 g/mol. The van der Waals surface area contributed by atoms with Gasteiger partial charge in [0.15, 0.2) is 0 Å². The van der Waals surface area contributed by atoms with Crippen LogP contribution in [0.15, 0.2) is 24.3 Å². The van der Waals surface area contributed by atoms with Crippen LogP contribution >= 0.6 is 0 Å². The number of hydrogen-bond donors (Lipinski definition) is 0. The fraction of sp³-hybridized carbons (Fsp3) is 0.533. The first-order valence-electron chi connectivity index (χ1n) is 7.89. The topological polar surface area (TPSA) is 96.0 Å². The first kappa shape index (κ1) is 23.2. The van der Waals surface area contributed by atoms with Crippen LogP contribution in [0.25, 0.3) is 0 Å². The molecular formula is C15H14F6NO6S-. The second-order valence-corrected chi connectivity index (χ2v) is 7.46. The fourth-order valence-electron chi connectivity index (χ4n) is 2.57. The van der Waals surface area contributed by atoms with Gasteiger partial charge < -0.3 is 18.9 Å². The second-order valence-electron chi connectivity index (χ2n) is 6.06. The third kappa shape index (κ3) is 5.30. The van der Waals surface area contributed by atoms with Crippen LogP contribution in [0.2, 0.25) is 0 Å². The van der Waals surface area contributed by atoms with E-state index in [1.165, 1.54) is 12.1 Å². The van der Waals surface area contributed by atoms with E-state index in [1.54, 1.807) is 4.90 Å². The van der Waals surface area contributed by atoms with Crippen LogP contribution in [-0.4, -0.2) is 68.9 Å². The van der Waals surface area contributed by atoms with E-state index in [-0.39, 0.29) is 0 Å². The number of halogens is 6. The largest absolute Gasteiger partial charge is 0.748 e. The van der Waals surface area contributed by atoms with Crippen LogP contribution in [-0.2, 0) is 19.6 Å². The zero-order valence-corrected chi connectivity index (χ0v) is 15.2. The van der Waals surface area contributed by atoms with Crippen molar-refractivity contribution >= 4 is 21.8 Å². The molecular weight excluding hydrogens is 436 g/mol. The molecule has 0 bridgehead atoms. The summed E-state index contributed by atoms with van der Waals surface area (Å²) >= 11 is 0. The molecule has 0 unspecified atom stereocenters. The molecule has 1 aliphatic heterocycles. The van der Waals surface area contributed by atoms with Gasteiger partial charge in [-0.2, -0.15) is 26.3 Å². The number of alkyl halides is 6. The van der Waals surface area contributed by atoms with Crippen molar-refractivity contribution in [2.75, 3.05) is 37.0 Å². The van der Waals surface area contributed by atoms with Crippen molar-refractivity contribution in [1.29, 1.82) is 0 Å². The smallest absolute Gasteiger partial charge is 0.438 e. The molecule has 1 aromatic rings. The lowest BCUT2D eigenvalue weighted by Gasteiger charge is -2.36. The number of hydrogen-bond acceptors (Lipinski definition) is 7. The van der Waals surface area contributed by atoms with E-state index in [0.717, 1.165) is 12.1 Å². The fourth-order valence-corrected chi connectivity index (χ4v) is 3.45. The van der Waals surface area contributed by atoms with Crippen LogP contribution in [0.1, 0.15) is 10.4 Å². The van der Waals surface area contributed by atoms with Gasteiger partial charge in [-0.15, -0.1) is 0 Å². The number of carbonyl (C=O) groups is 1. The Labute approximate surface area is 160 Å². The first-order chi connectivity index (χ1) is 13.2. The molecule has 0 N–H and O–H groups in total. The summed E-state index contributed by atoms with van der Waals surface area (Å²) in [5.41, 5.74) is -5.66. The average molecular weight is 450 g/mol. The molecule has 0 aromatic heterocycles. The van der Waals surface area contributed by atoms with E-state index >= 15 is 0 Å². The highest BCUT2D eigenvalue weighted by molar-refractivity contribution is 7.85. The molecule has 0 aliphatic carbocycles. The third-order valence-electron chi connectivity index (χ3n) is 4.04. The first-order valence-corrected chi connectivity index (χ1v) is 9.47. The zero-order valence-electron chi connectivity index (χ0n) is 14.4. The summed E-state index contributed by atoms with van der Waals surface area (Å²) in [4.78, 5) is 13.8. The molecule has 14 heteroatoms. The van der Waals surface area contributed by atoms with Crippen molar-refractivity contribution < 1.29 is 53.6 Å². The van der Waals surface area contributed by atoms with Crippen molar-refractivity contribution in [2.24, 2.45) is 0 Å². The summed E-state index contributed by atoms with van der Waals surface area (Å²) in [7, 11) is -6.08. The molecule has 1 aromatic carbocycles. The van der Waals surface area contributed by atoms with Gasteiger partial charge in [-0.1, -0.05) is 0 Å². The SMILES string of the molecule is O=C(OC(CS(=O)(=O)[O-])(C(F)(F)F)C(F)(F)F)c1ccc(N2CCOCC2)cc1. The van der Waals surface area contributed by atoms with Crippen LogP contribution in [0.3, 0.4) is 0 Å². The molecule has 1 fully saturated rings. The van der Waals surface area contributed by atoms with Crippen molar-refractivity contribution in [3.8, 4) is 0 Å². The number of esters is 1. The zero-order chi connectivity index (χ0) is 22.1. The highest BCUT2D eigenvalue weighted by atomic mass is 32.2. The molecule has 1 saturated heterocycles. The molecule has 0 amide bonds. The van der Waals surface area contributed by atoms with Gasteiger partial charge in [-0.25, -0.2) is 13.2 Å². The summed E-state index contributed by atoms with van der Waals surface area (Å²) < 4.78 is 120. The predicted octanol–water partition coefficient (Wildman–Crippen LogP) is 2.09. The number of nitrogens with zero attached hydrogens (tertiary/aromatic N) is 1. The van der Waals surface area contributed by atoms with Gasteiger partial charge in [0.05, 0.1) is 34.6 Å². The molecule has 1 heterocycles. The maximum absolute atomic E-state index is 13.2. The highest BCUT2D eigenvalue weighted by Gasteiger charge is 2.75. The van der Waals surface area contributed by atoms with E-state index in [0.29, 0.717) is 32.0 Å². The van der Waals surface area contributed by atoms with E-state index in [9.17, 15) is 44.1 Å². The minimum atomic E-state index is -6.41. The van der Waals surface area contributed by atoms with Gasteiger partial charge in [-0.05, 0) is 24.3 Å². The summed E-state index contributed by atoms with van der Waals surface area (Å²) in [5.74, 6) is -5.12. The number of ether oxygens (including phenoxy) is 2. The number of rotatable bonds is 5. The van der Waals surface area contributed by atoms with Gasteiger partial charge in [0, 0.05) is 18.8 Å². The number of morpholine rings is 1. The Kier molecular flexibility index (Phi) is 6.40. The lowest BCUT2D eigenvalue weighted by molar-refractivity contribution is -0.356. The predicted molar refractivity (Wildman–Crippen MR) is 84.3 cm³/mol. The third-order valence-corrected chi connectivity index (χ3v) is 4.80. The molecule has 0 spiro atoms. The summed E-state index contributed by atoms with van der Waals surface area (Å²) in [5, 5.41) is 0. The number of anilines is 1. The molecule has 1 aliphatic rings. The Bertz CT molecular complexity index is 816. The number of benzene rings is 1. The molecule has 0 saturated carbocycles. The standard InChI is InChI=1S/C15H15F6NO6S/c16-14(17,18)13(15(19,20)21,9-29(24,25)26)28-12(23)10-1-3-11(4-2-10)22-5-7-27-8-6-22/h1-4H,5-9H2,(H,24,25,26)/p-1. The van der Waals surface area contributed by atoms with Gasteiger partial charge in [0.1, 0.15) is 0 Å². The molecule has 29 heavy (non-hydrogen) atoms. The highest BCUT2D eigenvalue weighted by Crippen LogP contribution is 2.47. The maximum Gasteiger partial charge on any atom is 0.438 e. The van der Waals surface area contributed by atoms with Crippen molar-refractivity contribution in [3.63, 3.8) is 0 Å². The van der Waals surface area contributed by atoms with Crippen molar-refractivity contribution in [2.45, 2.75) is 18.0 Å². The summed E-state index contributed by atoms with van der Waals surface area (Å²) in [6.45, 7) is 1.78. The van der Waals surface area contributed by atoms with Crippen LogP contribution in [0.5, 0.6) is 0 Å². The van der Waals surface area contributed by atoms with Crippen molar-refractivity contribution in [1.82, 2.24) is 0 Å². The van der Waals surface area contributed by atoms with E-state index in [1.807, 2.05) is 0 Å². The van der Waals surface area contributed by atoms with Gasteiger partial charge in [-0.3, -0.25) is 0 Å². The Morgan fingerprint density at radius 1 is 1.03 bits per heavy atom. The normalized spacial score (nSPS) is 16.6. The Morgan fingerprint density at radius 3 is 1.93 bits per heavy atom. The van der Waals surface area contributed by atoms with Crippen LogP contribution in [0, 0.1) is 0 Å². The minimum absolute atomic E-state index is 0.410. The van der Waals surface area contributed by atoms with E-state index in [2.05, 4.69) is 4.74 Å². The lowest BCUT2D eigenvalue weighted by atomic mass is 10.1. The molecule has 2 rings (SSSR count). The molecule has 0 atom stereocenters. The van der Waals surface area contributed by atoms with Gasteiger partial charge in [0.25, 0.3) is 0 Å². The molecule has 7 nitrogen and oxygen atoms in total. The molecule has 0 radical (unpaired) electrons. The Balaban J connectivity index is 2.34.